The highest BCUT2D eigenvalue weighted by molar-refractivity contribution is 5.92. The number of aromatic nitrogens is 5. The minimum Gasteiger partial charge on any atom is -0.380 e. The van der Waals surface area contributed by atoms with Crippen molar-refractivity contribution in [3.8, 4) is 0 Å². The van der Waals surface area contributed by atoms with Crippen LogP contribution in [0.4, 0.5) is 0 Å². The summed E-state index contributed by atoms with van der Waals surface area (Å²) < 4.78 is 5.40. The molecule has 2 atom stereocenters. The Balaban J connectivity index is 1.85. The van der Waals surface area contributed by atoms with Crippen LogP contribution in [0.3, 0.4) is 0 Å². The lowest BCUT2D eigenvalue weighted by Crippen LogP contribution is -2.32. The van der Waals surface area contributed by atoms with Gasteiger partial charge in [-0.15, -0.1) is 0 Å². The third-order valence-corrected chi connectivity index (χ3v) is 3.84. The summed E-state index contributed by atoms with van der Waals surface area (Å²) in [7, 11) is 1.65. The number of hydrogen-bond acceptors (Lipinski definition) is 5. The first kappa shape index (κ1) is 13.7. The standard InChI is InChI=1S/C13H18N6O2/c1-3-8-4-10(17-16-8)13(20)19-6-9(21-2)5-11(19)12-14-7-15-18-12/h4,7,9,11H,3,5-6H2,1-2H3,(H,16,17)(H,14,15,18)/t9-,11+/m1/s1. The maximum atomic E-state index is 12.7. The summed E-state index contributed by atoms with van der Waals surface area (Å²) in [6.45, 7) is 2.53. The van der Waals surface area contributed by atoms with Crippen molar-refractivity contribution >= 4 is 5.91 Å². The summed E-state index contributed by atoms with van der Waals surface area (Å²) in [5, 5.41) is 13.7. The van der Waals surface area contributed by atoms with Crippen LogP contribution in [0.25, 0.3) is 0 Å². The Bertz CT molecular complexity index is 608. The van der Waals surface area contributed by atoms with E-state index in [1.807, 2.05) is 6.92 Å². The van der Waals surface area contributed by atoms with E-state index in [0.717, 1.165) is 12.1 Å². The largest absolute Gasteiger partial charge is 0.380 e. The Labute approximate surface area is 121 Å². The van der Waals surface area contributed by atoms with Gasteiger partial charge in [0.25, 0.3) is 5.91 Å². The third-order valence-electron chi connectivity index (χ3n) is 3.84. The van der Waals surface area contributed by atoms with Crippen LogP contribution in [0.1, 0.15) is 41.4 Å². The van der Waals surface area contributed by atoms with Crippen molar-refractivity contribution in [1.29, 1.82) is 0 Å². The number of methoxy groups -OCH3 is 1. The van der Waals surface area contributed by atoms with Gasteiger partial charge >= 0.3 is 0 Å². The fraction of sp³-hybridized carbons (Fsp3) is 0.538. The van der Waals surface area contributed by atoms with Crippen molar-refractivity contribution in [2.24, 2.45) is 0 Å². The summed E-state index contributed by atoms with van der Waals surface area (Å²) in [6, 6.07) is 1.63. The average molecular weight is 290 g/mol. The topological polar surface area (TPSA) is 99.8 Å². The van der Waals surface area contributed by atoms with Gasteiger partial charge in [0.05, 0.1) is 12.1 Å². The first-order valence-corrected chi connectivity index (χ1v) is 6.96. The SMILES string of the molecule is CCc1cc(C(=O)N2C[C@H](OC)C[C@H]2c2ncn[nH]2)n[nH]1. The van der Waals surface area contributed by atoms with Gasteiger partial charge in [0.2, 0.25) is 0 Å². The van der Waals surface area contributed by atoms with E-state index in [0.29, 0.717) is 24.5 Å². The summed E-state index contributed by atoms with van der Waals surface area (Å²) in [5.74, 6) is 0.557. The molecule has 21 heavy (non-hydrogen) atoms. The lowest BCUT2D eigenvalue weighted by atomic mass is 10.2. The number of likely N-dealkylation sites (tertiary alicyclic amines) is 1. The number of amides is 1. The minimum atomic E-state index is -0.160. The number of carbonyl (C=O) groups excluding carboxylic acids is 1. The zero-order chi connectivity index (χ0) is 14.8. The second kappa shape index (κ2) is 5.65. The van der Waals surface area contributed by atoms with Crippen molar-refractivity contribution in [3.05, 3.63) is 29.6 Å². The maximum absolute atomic E-state index is 12.7. The molecule has 2 aromatic rings. The van der Waals surface area contributed by atoms with Gasteiger partial charge in [0.1, 0.15) is 17.8 Å². The van der Waals surface area contributed by atoms with Crippen molar-refractivity contribution in [2.75, 3.05) is 13.7 Å². The molecule has 1 amide bonds. The molecule has 1 aliphatic rings. The van der Waals surface area contributed by atoms with E-state index >= 15 is 0 Å². The second-order valence-corrected chi connectivity index (χ2v) is 5.07. The highest BCUT2D eigenvalue weighted by Gasteiger charge is 2.39. The zero-order valence-electron chi connectivity index (χ0n) is 12.0. The van der Waals surface area contributed by atoms with E-state index in [1.54, 1.807) is 18.1 Å². The second-order valence-electron chi connectivity index (χ2n) is 5.07. The lowest BCUT2D eigenvalue weighted by Gasteiger charge is -2.21. The van der Waals surface area contributed by atoms with Crippen molar-refractivity contribution in [3.63, 3.8) is 0 Å². The van der Waals surface area contributed by atoms with E-state index in [1.165, 1.54) is 6.33 Å². The molecule has 2 aromatic heterocycles. The van der Waals surface area contributed by atoms with E-state index in [2.05, 4.69) is 25.4 Å². The average Bonchev–Trinajstić information content (AvgIpc) is 3.23. The first-order chi connectivity index (χ1) is 10.2. The summed E-state index contributed by atoms with van der Waals surface area (Å²) >= 11 is 0. The summed E-state index contributed by atoms with van der Waals surface area (Å²) in [6.07, 6.45) is 2.95. The molecule has 2 N–H and O–H groups in total. The number of carbonyl (C=O) groups is 1. The lowest BCUT2D eigenvalue weighted by molar-refractivity contribution is 0.0678. The molecule has 1 aliphatic heterocycles. The third kappa shape index (κ3) is 2.54. The number of ether oxygens (including phenoxy) is 1. The van der Waals surface area contributed by atoms with Crippen LogP contribution in [0, 0.1) is 0 Å². The molecule has 1 fully saturated rings. The molecule has 0 unspecified atom stereocenters. The number of nitrogens with zero attached hydrogens (tertiary/aromatic N) is 4. The number of aromatic amines is 2. The first-order valence-electron chi connectivity index (χ1n) is 6.96. The van der Waals surface area contributed by atoms with Crippen LogP contribution in [0.5, 0.6) is 0 Å². The monoisotopic (exact) mass is 290 g/mol. The van der Waals surface area contributed by atoms with E-state index in [-0.39, 0.29) is 18.1 Å². The molecule has 8 heteroatoms. The number of hydrogen-bond donors (Lipinski definition) is 2. The van der Waals surface area contributed by atoms with Gasteiger partial charge < -0.3 is 9.64 Å². The van der Waals surface area contributed by atoms with Crippen LogP contribution in [-0.2, 0) is 11.2 Å². The van der Waals surface area contributed by atoms with Gasteiger partial charge in [-0.3, -0.25) is 15.0 Å². The molecule has 0 aliphatic carbocycles. The van der Waals surface area contributed by atoms with Crippen molar-refractivity contribution < 1.29 is 9.53 Å². The van der Waals surface area contributed by atoms with Crippen molar-refractivity contribution in [1.82, 2.24) is 30.3 Å². The van der Waals surface area contributed by atoms with Gasteiger partial charge in [-0.1, -0.05) is 6.92 Å². The molecule has 0 spiro atoms. The van der Waals surface area contributed by atoms with Crippen LogP contribution < -0.4 is 0 Å². The van der Waals surface area contributed by atoms with Gasteiger partial charge in [0, 0.05) is 25.8 Å². The van der Waals surface area contributed by atoms with Crippen molar-refractivity contribution in [2.45, 2.75) is 31.9 Å². The Morgan fingerprint density at radius 3 is 3.00 bits per heavy atom. The normalized spacial score (nSPS) is 21.9. The Kier molecular flexibility index (Phi) is 3.70. The number of H-pyrrole nitrogens is 2. The van der Waals surface area contributed by atoms with Gasteiger partial charge in [-0.2, -0.15) is 10.2 Å². The number of nitrogens with one attached hydrogen (secondary N) is 2. The quantitative estimate of drug-likeness (QED) is 0.863. The molecule has 1 saturated heterocycles. The predicted octanol–water partition coefficient (Wildman–Crippen LogP) is 0.692. The molecular formula is C13H18N6O2. The molecule has 3 rings (SSSR count). The molecule has 0 radical (unpaired) electrons. The molecule has 3 heterocycles. The van der Waals surface area contributed by atoms with Gasteiger partial charge in [0.15, 0.2) is 0 Å². The molecule has 112 valence electrons. The number of rotatable bonds is 4. The van der Waals surface area contributed by atoms with E-state index in [9.17, 15) is 4.79 Å². The van der Waals surface area contributed by atoms with E-state index < -0.39 is 0 Å². The predicted molar refractivity (Wildman–Crippen MR) is 73.5 cm³/mol. The van der Waals surface area contributed by atoms with Crippen LogP contribution in [0.2, 0.25) is 0 Å². The highest BCUT2D eigenvalue weighted by Crippen LogP contribution is 2.32. The van der Waals surface area contributed by atoms with Gasteiger partial charge in [-0.05, 0) is 12.5 Å². The fourth-order valence-corrected chi connectivity index (χ4v) is 2.63. The number of aryl methyl sites for hydroxylation is 1. The summed E-state index contributed by atoms with van der Waals surface area (Å²) in [4.78, 5) is 18.6. The molecular weight excluding hydrogens is 272 g/mol. The Hall–Kier alpha value is -2.22. The Morgan fingerprint density at radius 1 is 1.52 bits per heavy atom. The van der Waals surface area contributed by atoms with Crippen LogP contribution >= 0.6 is 0 Å². The molecule has 8 nitrogen and oxygen atoms in total. The molecule has 0 bridgehead atoms. The van der Waals surface area contributed by atoms with Crippen LogP contribution in [-0.4, -0.2) is 55.9 Å². The summed E-state index contributed by atoms with van der Waals surface area (Å²) in [5.41, 5.74) is 1.37. The van der Waals surface area contributed by atoms with Gasteiger partial charge in [-0.25, -0.2) is 4.98 Å². The maximum Gasteiger partial charge on any atom is 0.275 e. The van der Waals surface area contributed by atoms with Crippen LogP contribution in [0.15, 0.2) is 12.4 Å². The van der Waals surface area contributed by atoms with E-state index in [4.69, 9.17) is 4.74 Å². The molecule has 0 aromatic carbocycles. The smallest absolute Gasteiger partial charge is 0.275 e. The molecule has 0 saturated carbocycles. The Morgan fingerprint density at radius 2 is 2.38 bits per heavy atom. The highest BCUT2D eigenvalue weighted by atomic mass is 16.5. The minimum absolute atomic E-state index is 0.00589. The fourth-order valence-electron chi connectivity index (χ4n) is 2.63. The zero-order valence-corrected chi connectivity index (χ0v) is 12.0.